The number of aryl methyl sites for hydroxylation is 1. The second kappa shape index (κ2) is 12.3. The Kier molecular flexibility index (Phi) is 8.68. The number of hydrogen-bond donors (Lipinski definition) is 1. The predicted molar refractivity (Wildman–Crippen MR) is 140 cm³/mol. The fraction of sp³-hybridized carbons (Fsp3) is 0.321. The highest BCUT2D eigenvalue weighted by molar-refractivity contribution is 7.16. The largest absolute Gasteiger partial charge is 0.482 e. The number of nitrogens with one attached hydrogen (secondary N) is 1. The molecule has 0 saturated heterocycles. The van der Waals surface area contributed by atoms with E-state index in [1.165, 1.54) is 17.7 Å². The fourth-order valence-corrected chi connectivity index (χ4v) is 5.34. The van der Waals surface area contributed by atoms with E-state index in [1.807, 2.05) is 48.5 Å². The number of carbonyl (C=O) groups is 2. The van der Waals surface area contributed by atoms with Crippen molar-refractivity contribution in [1.29, 1.82) is 0 Å². The standard InChI is InChI=1S/C28H30N2O4S/c1-2-33-25(31)19-34-22-14-10-11-20(17-22)18-29-28-26(27(32)30-21-12-6-5-7-13-21)23-15-8-3-4-9-16-24(23)35-28/h5-7,10-14,17-18H,2-4,8-9,15-16,19H2,1H3,(H,30,32). The topological polar surface area (TPSA) is 77.0 Å². The molecule has 4 rings (SSSR count). The van der Waals surface area contributed by atoms with Crippen molar-refractivity contribution in [2.75, 3.05) is 18.5 Å². The SMILES string of the molecule is CCOC(=O)COc1cccc(C=Nc2sc3c(c2C(=O)Nc2ccccc2)CCCCCC3)c1. The molecule has 1 aliphatic carbocycles. The lowest BCUT2D eigenvalue weighted by molar-refractivity contribution is -0.145. The third-order valence-corrected chi connectivity index (χ3v) is 6.96. The van der Waals surface area contributed by atoms with E-state index < -0.39 is 5.97 Å². The minimum absolute atomic E-state index is 0.118. The van der Waals surface area contributed by atoms with Gasteiger partial charge in [0.15, 0.2) is 6.61 Å². The number of amides is 1. The Morgan fingerprint density at radius 3 is 2.63 bits per heavy atom. The molecule has 1 aliphatic rings. The average molecular weight is 491 g/mol. The van der Waals surface area contributed by atoms with Gasteiger partial charge in [-0.15, -0.1) is 11.3 Å². The van der Waals surface area contributed by atoms with E-state index in [0.29, 0.717) is 17.9 Å². The van der Waals surface area contributed by atoms with Crippen LogP contribution >= 0.6 is 11.3 Å². The Hall–Kier alpha value is -3.45. The van der Waals surface area contributed by atoms with Gasteiger partial charge in [-0.2, -0.15) is 0 Å². The summed E-state index contributed by atoms with van der Waals surface area (Å²) in [7, 11) is 0. The van der Waals surface area contributed by atoms with Gasteiger partial charge in [0.25, 0.3) is 5.91 Å². The summed E-state index contributed by atoms with van der Waals surface area (Å²) in [5.41, 5.74) is 3.41. The summed E-state index contributed by atoms with van der Waals surface area (Å²) in [6.07, 6.45) is 8.25. The van der Waals surface area contributed by atoms with Gasteiger partial charge < -0.3 is 14.8 Å². The van der Waals surface area contributed by atoms with Crippen LogP contribution in [0.1, 0.15) is 59.0 Å². The first kappa shape index (κ1) is 24.7. The van der Waals surface area contributed by atoms with Gasteiger partial charge in [0.05, 0.1) is 12.2 Å². The molecule has 0 bridgehead atoms. The van der Waals surface area contributed by atoms with E-state index in [1.54, 1.807) is 30.5 Å². The van der Waals surface area contributed by atoms with E-state index in [4.69, 9.17) is 14.5 Å². The quantitative estimate of drug-likeness (QED) is 0.295. The summed E-state index contributed by atoms with van der Waals surface area (Å²) in [6.45, 7) is 1.94. The molecule has 1 aromatic heterocycles. The van der Waals surface area contributed by atoms with Crippen molar-refractivity contribution in [1.82, 2.24) is 0 Å². The molecule has 0 atom stereocenters. The Morgan fingerprint density at radius 1 is 1.03 bits per heavy atom. The molecule has 7 heteroatoms. The molecule has 1 N–H and O–H groups in total. The third-order valence-electron chi connectivity index (χ3n) is 5.76. The number of thiophene rings is 1. The second-order valence-corrected chi connectivity index (χ2v) is 9.43. The van der Waals surface area contributed by atoms with Gasteiger partial charge in [-0.3, -0.25) is 4.79 Å². The van der Waals surface area contributed by atoms with Crippen LogP contribution in [-0.4, -0.2) is 31.3 Å². The molecule has 0 unspecified atom stereocenters. The first-order valence-corrected chi connectivity index (χ1v) is 12.9. The summed E-state index contributed by atoms with van der Waals surface area (Å²) in [5.74, 6) is 0.0343. The molecule has 0 aliphatic heterocycles. The molecular formula is C28H30N2O4S. The van der Waals surface area contributed by atoms with E-state index >= 15 is 0 Å². The number of nitrogens with zero attached hydrogens (tertiary/aromatic N) is 1. The first-order chi connectivity index (χ1) is 17.1. The number of aliphatic imine (C=N–C) groups is 1. The maximum atomic E-state index is 13.4. The van der Waals surface area contributed by atoms with Crippen molar-refractivity contribution in [2.45, 2.75) is 45.4 Å². The van der Waals surface area contributed by atoms with Crippen molar-refractivity contribution in [3.05, 3.63) is 76.2 Å². The second-order valence-electron chi connectivity index (χ2n) is 8.34. The molecule has 1 heterocycles. The molecule has 3 aromatic rings. The molecule has 0 spiro atoms. The molecule has 0 fully saturated rings. The Bertz CT molecular complexity index is 1190. The van der Waals surface area contributed by atoms with E-state index in [-0.39, 0.29) is 12.5 Å². The Labute approximate surface area is 210 Å². The van der Waals surface area contributed by atoms with Crippen LogP contribution in [0, 0.1) is 0 Å². The monoisotopic (exact) mass is 490 g/mol. The van der Waals surface area contributed by atoms with Gasteiger partial charge in [-0.25, -0.2) is 9.79 Å². The number of carbonyl (C=O) groups excluding carboxylic acids is 2. The number of para-hydroxylation sites is 1. The molecule has 0 saturated carbocycles. The number of esters is 1. The van der Waals surface area contributed by atoms with Gasteiger partial charge >= 0.3 is 5.97 Å². The predicted octanol–water partition coefficient (Wildman–Crippen LogP) is 6.35. The molecule has 2 aromatic carbocycles. The normalized spacial score (nSPS) is 13.5. The Morgan fingerprint density at radius 2 is 1.83 bits per heavy atom. The van der Waals surface area contributed by atoms with Crippen molar-refractivity contribution in [2.24, 2.45) is 4.99 Å². The van der Waals surface area contributed by atoms with E-state index in [9.17, 15) is 9.59 Å². The zero-order chi connectivity index (χ0) is 24.5. The van der Waals surface area contributed by atoms with Crippen molar-refractivity contribution >= 4 is 40.1 Å². The lowest BCUT2D eigenvalue weighted by atomic mass is 9.96. The molecule has 1 amide bonds. The lowest BCUT2D eigenvalue weighted by Crippen LogP contribution is -2.14. The van der Waals surface area contributed by atoms with Gasteiger partial charge in [0.1, 0.15) is 10.8 Å². The molecule has 6 nitrogen and oxygen atoms in total. The smallest absolute Gasteiger partial charge is 0.344 e. The minimum Gasteiger partial charge on any atom is -0.482 e. The van der Waals surface area contributed by atoms with Crippen LogP contribution in [0.25, 0.3) is 0 Å². The fourth-order valence-electron chi connectivity index (χ4n) is 4.11. The van der Waals surface area contributed by atoms with Gasteiger partial charge in [-0.1, -0.05) is 43.2 Å². The van der Waals surface area contributed by atoms with Crippen LogP contribution in [0.4, 0.5) is 10.7 Å². The highest BCUT2D eigenvalue weighted by atomic mass is 32.1. The van der Waals surface area contributed by atoms with Crippen molar-refractivity contribution in [3.8, 4) is 5.75 Å². The number of hydrogen-bond acceptors (Lipinski definition) is 6. The highest BCUT2D eigenvalue weighted by Gasteiger charge is 2.24. The van der Waals surface area contributed by atoms with Crippen LogP contribution in [0.5, 0.6) is 5.75 Å². The van der Waals surface area contributed by atoms with E-state index in [0.717, 1.165) is 47.5 Å². The summed E-state index contributed by atoms with van der Waals surface area (Å²) in [5, 5.41) is 3.77. The lowest BCUT2D eigenvalue weighted by Gasteiger charge is -2.12. The number of fused-ring (bicyclic) bond motifs is 1. The summed E-state index contributed by atoms with van der Waals surface area (Å²) < 4.78 is 10.4. The number of benzene rings is 2. The van der Waals surface area contributed by atoms with Crippen LogP contribution < -0.4 is 10.1 Å². The molecule has 0 radical (unpaired) electrons. The summed E-state index contributed by atoms with van der Waals surface area (Å²) in [6, 6.07) is 16.9. The van der Waals surface area contributed by atoms with E-state index in [2.05, 4.69) is 5.32 Å². The summed E-state index contributed by atoms with van der Waals surface area (Å²) in [4.78, 5) is 31.0. The zero-order valence-corrected chi connectivity index (χ0v) is 20.7. The molecule has 35 heavy (non-hydrogen) atoms. The summed E-state index contributed by atoms with van der Waals surface area (Å²) >= 11 is 1.62. The van der Waals surface area contributed by atoms with Crippen molar-refractivity contribution < 1.29 is 19.1 Å². The molecular weight excluding hydrogens is 460 g/mol. The number of ether oxygens (including phenoxy) is 2. The number of rotatable bonds is 8. The maximum Gasteiger partial charge on any atom is 0.344 e. The van der Waals surface area contributed by atoms with Crippen LogP contribution in [-0.2, 0) is 22.4 Å². The first-order valence-electron chi connectivity index (χ1n) is 12.1. The zero-order valence-electron chi connectivity index (χ0n) is 19.9. The Balaban J connectivity index is 1.59. The van der Waals surface area contributed by atoms with Crippen LogP contribution in [0.15, 0.2) is 59.6 Å². The number of anilines is 1. The van der Waals surface area contributed by atoms with Gasteiger partial charge in [0.2, 0.25) is 0 Å². The van der Waals surface area contributed by atoms with Crippen LogP contribution in [0.3, 0.4) is 0 Å². The maximum absolute atomic E-state index is 13.4. The van der Waals surface area contributed by atoms with Gasteiger partial charge in [0, 0.05) is 16.8 Å². The van der Waals surface area contributed by atoms with Crippen LogP contribution in [0.2, 0.25) is 0 Å². The van der Waals surface area contributed by atoms with Crippen molar-refractivity contribution in [3.63, 3.8) is 0 Å². The third kappa shape index (κ3) is 6.79. The molecule has 182 valence electrons. The average Bonchev–Trinajstić information content (AvgIpc) is 3.19. The highest BCUT2D eigenvalue weighted by Crippen LogP contribution is 2.39. The minimum atomic E-state index is -0.406. The van der Waals surface area contributed by atoms with Gasteiger partial charge in [-0.05, 0) is 68.0 Å².